The fourth-order valence-corrected chi connectivity index (χ4v) is 3.22. The molecule has 0 bridgehead atoms. The molecule has 1 aromatic carbocycles. The maximum absolute atomic E-state index is 5.82. The van der Waals surface area contributed by atoms with E-state index in [0.717, 1.165) is 43.5 Å². The quantitative estimate of drug-likeness (QED) is 0.775. The molecule has 0 saturated carbocycles. The SMILES string of the molecule is Cc1nc(C2CCN(Cc3cccc(Oc4ccccn4)c3)C2)n[nH]1. The summed E-state index contributed by atoms with van der Waals surface area (Å²) in [6.45, 7) is 4.89. The Balaban J connectivity index is 1.39. The maximum atomic E-state index is 5.82. The van der Waals surface area contributed by atoms with Crippen molar-refractivity contribution in [2.45, 2.75) is 25.8 Å². The Labute approximate surface area is 146 Å². The first kappa shape index (κ1) is 15.8. The third kappa shape index (κ3) is 3.85. The van der Waals surface area contributed by atoms with Gasteiger partial charge in [-0.25, -0.2) is 9.97 Å². The summed E-state index contributed by atoms with van der Waals surface area (Å²) in [6, 6.07) is 13.9. The van der Waals surface area contributed by atoms with Gasteiger partial charge in [-0.1, -0.05) is 18.2 Å². The zero-order valence-corrected chi connectivity index (χ0v) is 14.2. The van der Waals surface area contributed by atoms with E-state index in [1.807, 2.05) is 37.3 Å². The standard InChI is InChI=1S/C19H21N5O/c1-14-21-19(23-22-14)16-8-10-24(13-16)12-15-5-4-6-17(11-15)25-18-7-2-3-9-20-18/h2-7,9,11,16H,8,10,12-13H2,1H3,(H,21,22,23). The molecule has 3 heterocycles. The van der Waals surface area contributed by atoms with E-state index in [0.29, 0.717) is 11.8 Å². The van der Waals surface area contributed by atoms with Crippen molar-refractivity contribution in [2.75, 3.05) is 13.1 Å². The van der Waals surface area contributed by atoms with Crippen LogP contribution < -0.4 is 4.74 Å². The number of aryl methyl sites for hydroxylation is 1. The molecule has 128 valence electrons. The van der Waals surface area contributed by atoms with Crippen molar-refractivity contribution in [3.8, 4) is 11.6 Å². The van der Waals surface area contributed by atoms with Crippen molar-refractivity contribution < 1.29 is 4.74 Å². The zero-order chi connectivity index (χ0) is 17.1. The molecule has 3 aromatic rings. The van der Waals surface area contributed by atoms with Gasteiger partial charge in [-0.15, -0.1) is 0 Å². The fraction of sp³-hybridized carbons (Fsp3) is 0.316. The molecule has 0 aliphatic carbocycles. The molecule has 0 spiro atoms. The summed E-state index contributed by atoms with van der Waals surface area (Å²) in [5, 5.41) is 7.25. The summed E-state index contributed by atoms with van der Waals surface area (Å²) in [6.07, 6.45) is 2.83. The van der Waals surface area contributed by atoms with Gasteiger partial charge in [-0.2, -0.15) is 5.10 Å². The van der Waals surface area contributed by atoms with E-state index in [1.54, 1.807) is 6.20 Å². The van der Waals surface area contributed by atoms with Crippen molar-refractivity contribution in [3.63, 3.8) is 0 Å². The number of aromatic amines is 1. The van der Waals surface area contributed by atoms with E-state index in [2.05, 4.69) is 37.2 Å². The largest absolute Gasteiger partial charge is 0.439 e. The number of pyridine rings is 1. The second-order valence-electron chi connectivity index (χ2n) is 6.42. The molecule has 1 N–H and O–H groups in total. The smallest absolute Gasteiger partial charge is 0.219 e. The molecule has 1 atom stereocenters. The van der Waals surface area contributed by atoms with Crippen molar-refractivity contribution in [1.82, 2.24) is 25.1 Å². The van der Waals surface area contributed by atoms with Crippen molar-refractivity contribution in [3.05, 3.63) is 65.9 Å². The van der Waals surface area contributed by atoms with E-state index in [4.69, 9.17) is 4.74 Å². The molecule has 1 saturated heterocycles. The number of H-pyrrole nitrogens is 1. The van der Waals surface area contributed by atoms with Gasteiger partial charge in [-0.3, -0.25) is 10.00 Å². The van der Waals surface area contributed by atoms with E-state index in [-0.39, 0.29) is 0 Å². The van der Waals surface area contributed by atoms with Crippen LogP contribution in [0, 0.1) is 6.92 Å². The minimum Gasteiger partial charge on any atom is -0.439 e. The highest BCUT2D eigenvalue weighted by Gasteiger charge is 2.26. The molecule has 4 rings (SSSR count). The number of nitrogens with one attached hydrogen (secondary N) is 1. The molecule has 2 aromatic heterocycles. The lowest BCUT2D eigenvalue weighted by Gasteiger charge is -2.16. The second-order valence-corrected chi connectivity index (χ2v) is 6.42. The van der Waals surface area contributed by atoms with Crippen LogP contribution in [-0.4, -0.2) is 38.2 Å². The molecule has 1 aliphatic rings. The van der Waals surface area contributed by atoms with Gasteiger partial charge >= 0.3 is 0 Å². The lowest BCUT2D eigenvalue weighted by atomic mass is 10.1. The number of ether oxygens (including phenoxy) is 1. The highest BCUT2D eigenvalue weighted by atomic mass is 16.5. The number of likely N-dealkylation sites (tertiary alicyclic amines) is 1. The topological polar surface area (TPSA) is 66.9 Å². The van der Waals surface area contributed by atoms with Gasteiger partial charge in [-0.05, 0) is 43.7 Å². The van der Waals surface area contributed by atoms with Gasteiger partial charge in [0.1, 0.15) is 11.6 Å². The molecule has 1 fully saturated rings. The molecule has 0 amide bonds. The van der Waals surface area contributed by atoms with Gasteiger partial charge in [0.25, 0.3) is 0 Å². The fourth-order valence-electron chi connectivity index (χ4n) is 3.22. The second kappa shape index (κ2) is 7.03. The lowest BCUT2D eigenvalue weighted by molar-refractivity contribution is 0.325. The summed E-state index contributed by atoms with van der Waals surface area (Å²) in [5.74, 6) is 3.66. The van der Waals surface area contributed by atoms with E-state index in [1.165, 1.54) is 5.56 Å². The molecule has 1 aliphatic heterocycles. The van der Waals surface area contributed by atoms with Crippen molar-refractivity contribution >= 4 is 0 Å². The Morgan fingerprint density at radius 3 is 3.00 bits per heavy atom. The Hall–Kier alpha value is -2.73. The van der Waals surface area contributed by atoms with Gasteiger partial charge in [0.15, 0.2) is 5.82 Å². The van der Waals surface area contributed by atoms with E-state index >= 15 is 0 Å². The first-order valence-electron chi connectivity index (χ1n) is 8.55. The van der Waals surface area contributed by atoms with Crippen LogP contribution in [0.15, 0.2) is 48.7 Å². The number of hydrogen-bond donors (Lipinski definition) is 1. The van der Waals surface area contributed by atoms with Crippen LogP contribution in [0.1, 0.15) is 29.6 Å². The summed E-state index contributed by atoms with van der Waals surface area (Å²) >= 11 is 0. The Morgan fingerprint density at radius 1 is 1.24 bits per heavy atom. The number of rotatable bonds is 5. The average Bonchev–Trinajstić information content (AvgIpc) is 3.25. The Bertz CT molecular complexity index is 833. The molecule has 6 nitrogen and oxygen atoms in total. The molecular formula is C19H21N5O. The average molecular weight is 335 g/mol. The lowest BCUT2D eigenvalue weighted by Crippen LogP contribution is -2.20. The zero-order valence-electron chi connectivity index (χ0n) is 14.2. The normalized spacial score (nSPS) is 17.7. The summed E-state index contributed by atoms with van der Waals surface area (Å²) in [7, 11) is 0. The number of nitrogens with zero attached hydrogens (tertiary/aromatic N) is 4. The number of benzene rings is 1. The maximum Gasteiger partial charge on any atom is 0.219 e. The minimum absolute atomic E-state index is 0.415. The summed E-state index contributed by atoms with van der Waals surface area (Å²) in [4.78, 5) is 11.1. The number of hydrogen-bond acceptors (Lipinski definition) is 5. The molecule has 6 heteroatoms. The van der Waals surface area contributed by atoms with Crippen LogP contribution in [-0.2, 0) is 6.54 Å². The van der Waals surface area contributed by atoms with Gasteiger partial charge in [0, 0.05) is 31.3 Å². The van der Waals surface area contributed by atoms with E-state index in [9.17, 15) is 0 Å². The van der Waals surface area contributed by atoms with Crippen LogP contribution in [0.5, 0.6) is 11.6 Å². The Kier molecular flexibility index (Phi) is 4.43. The molecule has 25 heavy (non-hydrogen) atoms. The Morgan fingerprint density at radius 2 is 2.20 bits per heavy atom. The van der Waals surface area contributed by atoms with Gasteiger partial charge < -0.3 is 4.74 Å². The third-order valence-corrected chi connectivity index (χ3v) is 4.42. The number of aromatic nitrogens is 4. The third-order valence-electron chi connectivity index (χ3n) is 4.42. The highest BCUT2D eigenvalue weighted by molar-refractivity contribution is 5.31. The van der Waals surface area contributed by atoms with Crippen LogP contribution >= 0.6 is 0 Å². The van der Waals surface area contributed by atoms with Crippen LogP contribution in [0.25, 0.3) is 0 Å². The predicted octanol–water partition coefficient (Wildman–Crippen LogP) is 3.29. The van der Waals surface area contributed by atoms with Crippen molar-refractivity contribution in [2.24, 2.45) is 0 Å². The molecule has 1 unspecified atom stereocenters. The molecule has 0 radical (unpaired) electrons. The van der Waals surface area contributed by atoms with Crippen molar-refractivity contribution in [1.29, 1.82) is 0 Å². The summed E-state index contributed by atoms with van der Waals surface area (Å²) < 4.78 is 5.82. The first-order chi connectivity index (χ1) is 12.3. The van der Waals surface area contributed by atoms with E-state index < -0.39 is 0 Å². The highest BCUT2D eigenvalue weighted by Crippen LogP contribution is 2.27. The monoisotopic (exact) mass is 335 g/mol. The van der Waals surface area contributed by atoms with Gasteiger partial charge in [0.2, 0.25) is 5.88 Å². The summed E-state index contributed by atoms with van der Waals surface area (Å²) in [5.41, 5.74) is 1.24. The van der Waals surface area contributed by atoms with Crippen LogP contribution in [0.3, 0.4) is 0 Å². The predicted molar refractivity (Wildman–Crippen MR) is 94.5 cm³/mol. The van der Waals surface area contributed by atoms with Crippen LogP contribution in [0.2, 0.25) is 0 Å². The molecular weight excluding hydrogens is 314 g/mol. The van der Waals surface area contributed by atoms with Gasteiger partial charge in [0.05, 0.1) is 0 Å². The van der Waals surface area contributed by atoms with Crippen LogP contribution in [0.4, 0.5) is 0 Å². The first-order valence-corrected chi connectivity index (χ1v) is 8.55. The minimum atomic E-state index is 0.415.